The quantitative estimate of drug-likeness (QED) is 0.803. The molecule has 0 bridgehead atoms. The number of pyridine rings is 1. The van der Waals surface area contributed by atoms with Crippen LogP contribution in [0.1, 0.15) is 64.1 Å². The first-order valence-electron chi connectivity index (χ1n) is 8.10. The topological polar surface area (TPSA) is 28.2 Å². The molecule has 3 nitrogen and oxygen atoms in total. The van der Waals surface area contributed by atoms with Gasteiger partial charge >= 0.3 is 0 Å². The summed E-state index contributed by atoms with van der Waals surface area (Å²) in [5, 5.41) is 3.50. The molecule has 0 aliphatic carbocycles. The molecule has 0 amide bonds. The van der Waals surface area contributed by atoms with Gasteiger partial charge in [0.1, 0.15) is 5.82 Å². The normalized spacial score (nSPS) is 19.1. The van der Waals surface area contributed by atoms with E-state index in [0.717, 1.165) is 19.6 Å². The fraction of sp³-hybridized carbons (Fsp3) is 0.706. The van der Waals surface area contributed by atoms with E-state index < -0.39 is 0 Å². The van der Waals surface area contributed by atoms with Gasteiger partial charge in [-0.1, -0.05) is 20.8 Å². The summed E-state index contributed by atoms with van der Waals surface area (Å²) in [6.45, 7) is 12.1. The van der Waals surface area contributed by atoms with Gasteiger partial charge < -0.3 is 10.2 Å². The maximum absolute atomic E-state index is 4.89. The van der Waals surface area contributed by atoms with E-state index in [0.29, 0.717) is 12.0 Å². The van der Waals surface area contributed by atoms with E-state index in [-0.39, 0.29) is 0 Å². The van der Waals surface area contributed by atoms with Gasteiger partial charge in [-0.25, -0.2) is 4.98 Å². The molecule has 2 rings (SSSR count). The van der Waals surface area contributed by atoms with Crippen LogP contribution >= 0.6 is 0 Å². The summed E-state index contributed by atoms with van der Waals surface area (Å²) in [5.74, 6) is 1.66. The molecule has 3 heteroatoms. The van der Waals surface area contributed by atoms with E-state index in [1.807, 2.05) is 0 Å². The van der Waals surface area contributed by atoms with Crippen molar-refractivity contribution in [3.63, 3.8) is 0 Å². The Kier molecular flexibility index (Phi) is 5.41. The van der Waals surface area contributed by atoms with Crippen LogP contribution in [-0.4, -0.2) is 24.1 Å². The molecule has 0 saturated carbocycles. The zero-order valence-electron chi connectivity index (χ0n) is 13.4. The molecule has 1 fully saturated rings. The lowest BCUT2D eigenvalue weighted by Gasteiger charge is -2.24. The van der Waals surface area contributed by atoms with Gasteiger partial charge in [0.05, 0.1) is 0 Å². The second kappa shape index (κ2) is 7.07. The van der Waals surface area contributed by atoms with Crippen LogP contribution in [-0.2, 0) is 6.54 Å². The maximum atomic E-state index is 4.89. The van der Waals surface area contributed by atoms with Crippen molar-refractivity contribution in [2.45, 2.75) is 65.5 Å². The Morgan fingerprint density at radius 1 is 1.40 bits per heavy atom. The van der Waals surface area contributed by atoms with Gasteiger partial charge in [0, 0.05) is 24.8 Å². The van der Waals surface area contributed by atoms with Gasteiger partial charge in [-0.15, -0.1) is 0 Å². The zero-order valence-corrected chi connectivity index (χ0v) is 13.4. The Labute approximate surface area is 123 Å². The first kappa shape index (κ1) is 15.3. The van der Waals surface area contributed by atoms with Gasteiger partial charge in [-0.05, 0) is 56.3 Å². The Hall–Kier alpha value is -1.09. The van der Waals surface area contributed by atoms with Crippen molar-refractivity contribution in [3.05, 3.63) is 23.4 Å². The third-order valence-electron chi connectivity index (χ3n) is 4.09. The van der Waals surface area contributed by atoms with Gasteiger partial charge in [-0.2, -0.15) is 0 Å². The van der Waals surface area contributed by atoms with E-state index in [2.05, 4.69) is 50.0 Å². The molecule has 1 N–H and O–H groups in total. The molecule has 1 aliphatic heterocycles. The SMILES string of the molecule is CCCNCc1cc(C(C)C)nc(N2CCCC2C)c1. The summed E-state index contributed by atoms with van der Waals surface area (Å²) in [4.78, 5) is 7.36. The molecule has 1 aromatic rings. The van der Waals surface area contributed by atoms with Crippen LogP contribution < -0.4 is 10.2 Å². The van der Waals surface area contributed by atoms with Crippen molar-refractivity contribution >= 4 is 5.82 Å². The fourth-order valence-electron chi connectivity index (χ4n) is 2.82. The average molecular weight is 275 g/mol. The molecule has 1 unspecified atom stereocenters. The molecule has 1 saturated heterocycles. The van der Waals surface area contributed by atoms with E-state index >= 15 is 0 Å². The van der Waals surface area contributed by atoms with Crippen molar-refractivity contribution in [2.24, 2.45) is 0 Å². The van der Waals surface area contributed by atoms with Crippen LogP contribution in [0.15, 0.2) is 12.1 Å². The molecule has 0 radical (unpaired) electrons. The van der Waals surface area contributed by atoms with Crippen LogP contribution in [0.4, 0.5) is 5.82 Å². The monoisotopic (exact) mass is 275 g/mol. The first-order valence-corrected chi connectivity index (χ1v) is 8.10. The number of rotatable bonds is 6. The number of hydrogen-bond acceptors (Lipinski definition) is 3. The predicted molar refractivity (Wildman–Crippen MR) is 86.4 cm³/mol. The highest BCUT2D eigenvalue weighted by atomic mass is 15.2. The number of anilines is 1. The fourth-order valence-corrected chi connectivity index (χ4v) is 2.82. The lowest BCUT2D eigenvalue weighted by molar-refractivity contribution is 0.670. The third kappa shape index (κ3) is 3.72. The number of nitrogens with zero attached hydrogens (tertiary/aromatic N) is 2. The van der Waals surface area contributed by atoms with Crippen LogP contribution in [0.5, 0.6) is 0 Å². The maximum Gasteiger partial charge on any atom is 0.129 e. The summed E-state index contributed by atoms with van der Waals surface area (Å²) in [7, 11) is 0. The molecular formula is C17H29N3. The number of nitrogens with one attached hydrogen (secondary N) is 1. The molecule has 0 aromatic carbocycles. The molecule has 2 heterocycles. The minimum atomic E-state index is 0.484. The van der Waals surface area contributed by atoms with Crippen LogP contribution in [0.25, 0.3) is 0 Å². The Morgan fingerprint density at radius 2 is 2.20 bits per heavy atom. The summed E-state index contributed by atoms with van der Waals surface area (Å²) in [6, 6.07) is 5.16. The zero-order chi connectivity index (χ0) is 14.5. The number of aromatic nitrogens is 1. The van der Waals surface area contributed by atoms with E-state index in [9.17, 15) is 0 Å². The highest BCUT2D eigenvalue weighted by Gasteiger charge is 2.22. The largest absolute Gasteiger partial charge is 0.354 e. The van der Waals surface area contributed by atoms with Crippen molar-refractivity contribution in [2.75, 3.05) is 18.0 Å². The molecule has 0 spiro atoms. The second-order valence-electron chi connectivity index (χ2n) is 6.27. The van der Waals surface area contributed by atoms with Crippen molar-refractivity contribution in [1.82, 2.24) is 10.3 Å². The minimum Gasteiger partial charge on any atom is -0.354 e. The lowest BCUT2D eigenvalue weighted by atomic mass is 10.1. The van der Waals surface area contributed by atoms with E-state index in [4.69, 9.17) is 4.98 Å². The van der Waals surface area contributed by atoms with Gasteiger partial charge in [0.15, 0.2) is 0 Å². The molecule has 1 aliphatic rings. The summed E-state index contributed by atoms with van der Waals surface area (Å²) >= 11 is 0. The predicted octanol–water partition coefficient (Wildman–Crippen LogP) is 3.69. The lowest BCUT2D eigenvalue weighted by Crippen LogP contribution is -2.28. The van der Waals surface area contributed by atoms with E-state index in [1.165, 1.54) is 36.3 Å². The molecular weight excluding hydrogens is 246 g/mol. The van der Waals surface area contributed by atoms with Crippen molar-refractivity contribution in [3.8, 4) is 0 Å². The summed E-state index contributed by atoms with van der Waals surface area (Å²) < 4.78 is 0. The van der Waals surface area contributed by atoms with Crippen molar-refractivity contribution in [1.29, 1.82) is 0 Å². The summed E-state index contributed by atoms with van der Waals surface area (Å²) in [6.07, 6.45) is 3.76. The molecule has 112 valence electrons. The van der Waals surface area contributed by atoms with Gasteiger partial charge in [0.2, 0.25) is 0 Å². The van der Waals surface area contributed by atoms with Crippen LogP contribution in [0.3, 0.4) is 0 Å². The third-order valence-corrected chi connectivity index (χ3v) is 4.09. The molecule has 1 aromatic heterocycles. The van der Waals surface area contributed by atoms with Crippen LogP contribution in [0.2, 0.25) is 0 Å². The Morgan fingerprint density at radius 3 is 2.80 bits per heavy atom. The first-order chi connectivity index (χ1) is 9.61. The highest BCUT2D eigenvalue weighted by molar-refractivity contribution is 5.45. The second-order valence-corrected chi connectivity index (χ2v) is 6.27. The smallest absolute Gasteiger partial charge is 0.129 e. The standard InChI is InChI=1S/C17H29N3/c1-5-8-18-12-15-10-16(13(2)3)19-17(11-15)20-9-6-7-14(20)4/h10-11,13-14,18H,5-9,12H2,1-4H3. The highest BCUT2D eigenvalue weighted by Crippen LogP contribution is 2.26. The summed E-state index contributed by atoms with van der Waals surface area (Å²) in [5.41, 5.74) is 2.58. The van der Waals surface area contributed by atoms with Crippen LogP contribution in [0, 0.1) is 0 Å². The minimum absolute atomic E-state index is 0.484. The van der Waals surface area contributed by atoms with Crippen molar-refractivity contribution < 1.29 is 0 Å². The molecule has 1 atom stereocenters. The Balaban J connectivity index is 2.21. The van der Waals surface area contributed by atoms with E-state index in [1.54, 1.807) is 0 Å². The molecule has 20 heavy (non-hydrogen) atoms. The number of hydrogen-bond donors (Lipinski definition) is 1. The van der Waals surface area contributed by atoms with Gasteiger partial charge in [-0.3, -0.25) is 0 Å². The van der Waals surface area contributed by atoms with Gasteiger partial charge in [0.25, 0.3) is 0 Å². The average Bonchev–Trinajstić information content (AvgIpc) is 2.85. The Bertz CT molecular complexity index is 428.